The zero-order chi connectivity index (χ0) is 11.4. The van der Waals surface area contributed by atoms with Gasteiger partial charge in [-0.05, 0) is 12.1 Å². The monoisotopic (exact) mass is 410 g/mol. The van der Waals surface area contributed by atoms with E-state index in [1.807, 2.05) is 0 Å². The molecule has 19 heavy (non-hydrogen) atoms. The molecule has 4 nitrogen and oxygen atoms in total. The molecule has 2 rings (SSSR count). The predicted octanol–water partition coefficient (Wildman–Crippen LogP) is -4.62. The third kappa shape index (κ3) is 6.77. The molecule has 0 unspecified atom stereocenters. The van der Waals surface area contributed by atoms with Gasteiger partial charge in [0, 0.05) is 45.9 Å². The second-order valence-corrected chi connectivity index (χ2v) is 5.07. The Morgan fingerprint density at radius 3 is 1.42 bits per heavy atom. The molecule has 0 aliphatic carbocycles. The molecule has 2 aromatic rings. The number of nitrogens with zero attached hydrogens (tertiary/aromatic N) is 2. The number of pyridine rings is 2. The van der Waals surface area contributed by atoms with Crippen molar-refractivity contribution in [1.29, 1.82) is 0 Å². The first kappa shape index (κ1) is 22.0. The Morgan fingerprint density at radius 1 is 0.737 bits per heavy atom. The third-order valence-corrected chi connectivity index (χ3v) is 4.12. The van der Waals surface area contributed by atoms with Crippen LogP contribution in [0, 0.1) is 10.4 Å². The van der Waals surface area contributed by atoms with Crippen molar-refractivity contribution in [3.05, 3.63) is 59.2 Å². The normalized spacial score (nSPS) is 8.63. The van der Waals surface area contributed by atoms with E-state index in [1.54, 1.807) is 36.4 Å². The quantitative estimate of drug-likeness (QED) is 0.221. The Balaban J connectivity index is 0. The van der Waals surface area contributed by atoms with Gasteiger partial charge in [-0.2, -0.15) is 9.46 Å². The van der Waals surface area contributed by atoms with Gasteiger partial charge in [-0.1, -0.05) is 0 Å². The van der Waals surface area contributed by atoms with E-state index in [-0.39, 0.29) is 70.3 Å². The standard InChI is InChI=1S/C10H8N2O2S2.2ClH.Sr/c13-11-7-3-1-5-9(11)15-16-10-6-2-4-8-12(10)14;;;/h1-8H;2*1H;/q;;;+2/p-2. The van der Waals surface area contributed by atoms with Crippen LogP contribution in [-0.4, -0.2) is 45.5 Å². The van der Waals surface area contributed by atoms with Crippen LogP contribution >= 0.6 is 21.6 Å². The molecule has 0 saturated heterocycles. The molecule has 0 amide bonds. The van der Waals surface area contributed by atoms with E-state index >= 15 is 0 Å². The van der Waals surface area contributed by atoms with Crippen molar-refractivity contribution in [2.75, 3.05) is 0 Å². The van der Waals surface area contributed by atoms with Gasteiger partial charge in [-0.3, -0.25) is 0 Å². The van der Waals surface area contributed by atoms with Gasteiger partial charge in [0.15, 0.2) is 12.4 Å². The van der Waals surface area contributed by atoms with Crippen molar-refractivity contribution in [3.63, 3.8) is 0 Å². The SMILES string of the molecule is [Cl-].[Cl-].[O-][n+]1ccccc1SSc1cccc[n+]1[O-].[Sr+2]. The summed E-state index contributed by atoms with van der Waals surface area (Å²) in [6, 6.07) is 10.3. The number of hydrogen-bond donors (Lipinski definition) is 0. The first-order valence-electron chi connectivity index (χ1n) is 4.48. The van der Waals surface area contributed by atoms with Crippen molar-refractivity contribution in [2.45, 2.75) is 10.1 Å². The van der Waals surface area contributed by atoms with Crippen LogP contribution in [-0.2, 0) is 0 Å². The molecule has 9 heteroatoms. The zero-order valence-corrected chi connectivity index (χ0v) is 16.2. The molecule has 2 aromatic heterocycles. The van der Waals surface area contributed by atoms with E-state index in [9.17, 15) is 10.4 Å². The largest absolute Gasteiger partial charge is 2.00 e. The summed E-state index contributed by atoms with van der Waals surface area (Å²) in [5.74, 6) is 0. The van der Waals surface area contributed by atoms with E-state index in [2.05, 4.69) is 0 Å². The summed E-state index contributed by atoms with van der Waals surface area (Å²) in [5.41, 5.74) is 0. The van der Waals surface area contributed by atoms with E-state index < -0.39 is 0 Å². The molecular weight excluding hydrogens is 403 g/mol. The van der Waals surface area contributed by atoms with Crippen LogP contribution in [0.15, 0.2) is 58.8 Å². The molecule has 0 aromatic carbocycles. The molecule has 0 aliphatic rings. The van der Waals surface area contributed by atoms with Crippen LogP contribution in [0.25, 0.3) is 0 Å². The second kappa shape index (κ2) is 11.3. The van der Waals surface area contributed by atoms with Gasteiger partial charge in [0.2, 0.25) is 0 Å². The van der Waals surface area contributed by atoms with Crippen LogP contribution in [0.1, 0.15) is 0 Å². The average molecular weight is 411 g/mol. The Labute approximate surface area is 168 Å². The predicted molar refractivity (Wildman–Crippen MR) is 68.3 cm³/mol. The van der Waals surface area contributed by atoms with Crippen LogP contribution in [0.5, 0.6) is 0 Å². The van der Waals surface area contributed by atoms with Crippen molar-refractivity contribution in [1.82, 2.24) is 0 Å². The summed E-state index contributed by atoms with van der Waals surface area (Å²) < 4.78 is 1.55. The summed E-state index contributed by atoms with van der Waals surface area (Å²) in [6.45, 7) is 0. The van der Waals surface area contributed by atoms with Gasteiger partial charge < -0.3 is 35.2 Å². The number of halogens is 2. The van der Waals surface area contributed by atoms with Crippen molar-refractivity contribution < 1.29 is 34.3 Å². The first-order chi connectivity index (χ1) is 7.77. The van der Waals surface area contributed by atoms with Gasteiger partial charge in [0.1, 0.15) is 0 Å². The second-order valence-electron chi connectivity index (χ2n) is 2.90. The fourth-order valence-corrected chi connectivity index (χ4v) is 3.03. The number of aromatic nitrogens is 2. The van der Waals surface area contributed by atoms with Crippen LogP contribution in [0.2, 0.25) is 0 Å². The Kier molecular flexibility index (Phi) is 13.1. The molecule has 0 aliphatic heterocycles. The Morgan fingerprint density at radius 2 is 1.11 bits per heavy atom. The zero-order valence-electron chi connectivity index (χ0n) is 9.61. The molecule has 0 atom stereocenters. The molecule has 0 fully saturated rings. The summed E-state index contributed by atoms with van der Waals surface area (Å²) in [4.78, 5) is 0. The van der Waals surface area contributed by atoms with E-state index in [0.717, 1.165) is 9.46 Å². The first-order valence-corrected chi connectivity index (χ1v) is 6.63. The van der Waals surface area contributed by atoms with E-state index in [0.29, 0.717) is 10.1 Å². The molecule has 0 saturated carbocycles. The molecule has 2 heterocycles. The fourth-order valence-electron chi connectivity index (χ4n) is 1.04. The van der Waals surface area contributed by atoms with Crippen molar-refractivity contribution in [2.24, 2.45) is 0 Å². The molecule has 0 N–H and O–H groups in total. The maximum absolute atomic E-state index is 11.3. The average Bonchev–Trinajstić information content (AvgIpc) is 2.30. The molecule has 0 bridgehead atoms. The van der Waals surface area contributed by atoms with E-state index in [4.69, 9.17) is 0 Å². The maximum atomic E-state index is 11.3. The molecule has 98 valence electrons. The van der Waals surface area contributed by atoms with Crippen molar-refractivity contribution in [3.8, 4) is 0 Å². The van der Waals surface area contributed by atoms with E-state index in [1.165, 1.54) is 34.0 Å². The summed E-state index contributed by atoms with van der Waals surface area (Å²) in [7, 11) is 2.52. The van der Waals surface area contributed by atoms with Gasteiger partial charge in [-0.15, -0.1) is 0 Å². The van der Waals surface area contributed by atoms with Crippen LogP contribution in [0.3, 0.4) is 0 Å². The fraction of sp³-hybridized carbons (Fsp3) is 0. The third-order valence-electron chi connectivity index (χ3n) is 1.79. The molecule has 0 radical (unpaired) electrons. The molecular formula is C10H8Cl2N2O2S2Sr. The van der Waals surface area contributed by atoms with Gasteiger partial charge in [0.25, 0.3) is 10.1 Å². The van der Waals surface area contributed by atoms with Crippen LogP contribution < -0.4 is 34.3 Å². The van der Waals surface area contributed by atoms with Gasteiger partial charge in [0.05, 0.1) is 0 Å². The van der Waals surface area contributed by atoms with Gasteiger partial charge >= 0.3 is 45.5 Å². The minimum absolute atomic E-state index is 0. The smallest absolute Gasteiger partial charge is 1.00 e. The summed E-state index contributed by atoms with van der Waals surface area (Å²) in [5, 5.41) is 23.8. The number of hydrogen-bond acceptors (Lipinski definition) is 4. The minimum atomic E-state index is 0. The van der Waals surface area contributed by atoms with Crippen molar-refractivity contribution >= 4 is 67.1 Å². The minimum Gasteiger partial charge on any atom is -1.00 e. The van der Waals surface area contributed by atoms with Gasteiger partial charge in [-0.25, -0.2) is 0 Å². The Bertz CT molecular complexity index is 463. The summed E-state index contributed by atoms with van der Waals surface area (Å²) >= 11 is 0. The Hall–Kier alpha value is 0.661. The molecule has 0 spiro atoms. The maximum Gasteiger partial charge on any atom is 2.00 e. The summed E-state index contributed by atoms with van der Waals surface area (Å²) in [6.07, 6.45) is 2.86. The number of rotatable bonds is 3. The van der Waals surface area contributed by atoms with Crippen LogP contribution in [0.4, 0.5) is 0 Å². The topological polar surface area (TPSA) is 53.9 Å².